The Morgan fingerprint density at radius 3 is 2.64 bits per heavy atom. The van der Waals surface area contributed by atoms with Crippen LogP contribution >= 0.6 is 23.2 Å². The molecule has 0 aliphatic carbocycles. The van der Waals surface area contributed by atoms with E-state index in [1.54, 1.807) is 12.1 Å². The van der Waals surface area contributed by atoms with Crippen molar-refractivity contribution in [1.29, 1.82) is 0 Å². The lowest BCUT2D eigenvalue weighted by molar-refractivity contribution is 0.560. The number of fused-ring (bicyclic) bond motifs is 3. The standard InChI is InChI=1S/C17H13Cl2FN2/c18-12-2-1-3-13(19)15(12)17-16-10(6-7-21-17)11-8-9(20)4-5-14(11)22-16/h1-5,8,17,21-22H,6-7H2. The Morgan fingerprint density at radius 2 is 1.86 bits per heavy atom. The maximum absolute atomic E-state index is 13.6. The lowest BCUT2D eigenvalue weighted by atomic mass is 9.94. The van der Waals surface area contributed by atoms with E-state index in [-0.39, 0.29) is 11.9 Å². The summed E-state index contributed by atoms with van der Waals surface area (Å²) in [6.45, 7) is 0.794. The zero-order chi connectivity index (χ0) is 15.3. The van der Waals surface area contributed by atoms with Crippen molar-refractivity contribution in [3.8, 4) is 0 Å². The predicted octanol–water partition coefficient (Wildman–Crippen LogP) is 4.85. The summed E-state index contributed by atoms with van der Waals surface area (Å²) in [6, 6.07) is 10.2. The van der Waals surface area contributed by atoms with Crippen molar-refractivity contribution in [3.63, 3.8) is 0 Å². The van der Waals surface area contributed by atoms with Crippen molar-refractivity contribution in [2.24, 2.45) is 0 Å². The molecule has 0 saturated heterocycles. The van der Waals surface area contributed by atoms with Gasteiger partial charge in [0, 0.05) is 38.8 Å². The molecule has 0 saturated carbocycles. The van der Waals surface area contributed by atoms with Gasteiger partial charge >= 0.3 is 0 Å². The highest BCUT2D eigenvalue weighted by Crippen LogP contribution is 2.39. The minimum Gasteiger partial charge on any atom is -0.357 e. The van der Waals surface area contributed by atoms with Gasteiger partial charge in [-0.25, -0.2) is 4.39 Å². The van der Waals surface area contributed by atoms with E-state index >= 15 is 0 Å². The first-order valence-electron chi connectivity index (χ1n) is 7.12. The van der Waals surface area contributed by atoms with Crippen molar-refractivity contribution >= 4 is 34.1 Å². The van der Waals surface area contributed by atoms with Crippen molar-refractivity contribution in [1.82, 2.24) is 10.3 Å². The first-order chi connectivity index (χ1) is 10.6. The Bertz CT molecular complexity index is 852. The zero-order valence-corrected chi connectivity index (χ0v) is 13.1. The van der Waals surface area contributed by atoms with Gasteiger partial charge in [-0.1, -0.05) is 29.3 Å². The molecule has 4 rings (SSSR count). The number of nitrogens with one attached hydrogen (secondary N) is 2. The molecule has 3 aromatic rings. The van der Waals surface area contributed by atoms with Gasteiger partial charge in [0.15, 0.2) is 0 Å². The Balaban J connectivity index is 1.95. The summed E-state index contributed by atoms with van der Waals surface area (Å²) in [7, 11) is 0. The smallest absolute Gasteiger partial charge is 0.123 e. The van der Waals surface area contributed by atoms with Crippen LogP contribution in [-0.4, -0.2) is 11.5 Å². The van der Waals surface area contributed by atoms with Gasteiger partial charge in [0.1, 0.15) is 5.82 Å². The van der Waals surface area contributed by atoms with Crippen LogP contribution in [0.3, 0.4) is 0 Å². The molecule has 1 aliphatic heterocycles. The fourth-order valence-electron chi connectivity index (χ4n) is 3.23. The third-order valence-electron chi connectivity index (χ3n) is 4.20. The van der Waals surface area contributed by atoms with E-state index in [0.29, 0.717) is 10.0 Å². The van der Waals surface area contributed by atoms with Gasteiger partial charge in [-0.2, -0.15) is 0 Å². The lowest BCUT2D eigenvalue weighted by Gasteiger charge is -2.26. The summed E-state index contributed by atoms with van der Waals surface area (Å²) in [5, 5.41) is 5.64. The van der Waals surface area contributed by atoms with Crippen molar-refractivity contribution in [2.75, 3.05) is 6.54 Å². The average Bonchev–Trinajstić information content (AvgIpc) is 2.86. The van der Waals surface area contributed by atoms with Crippen molar-refractivity contribution < 1.29 is 4.39 Å². The van der Waals surface area contributed by atoms with Gasteiger partial charge in [0.25, 0.3) is 0 Å². The first kappa shape index (κ1) is 14.1. The quantitative estimate of drug-likeness (QED) is 0.654. The van der Waals surface area contributed by atoms with Gasteiger partial charge in [-0.05, 0) is 42.3 Å². The number of aromatic amines is 1. The highest BCUT2D eigenvalue weighted by atomic mass is 35.5. The molecule has 112 valence electrons. The van der Waals surface area contributed by atoms with E-state index in [1.807, 2.05) is 18.2 Å². The number of hydrogen-bond acceptors (Lipinski definition) is 1. The van der Waals surface area contributed by atoms with Crippen LogP contribution in [0.1, 0.15) is 22.9 Å². The number of H-pyrrole nitrogens is 1. The fourth-order valence-corrected chi connectivity index (χ4v) is 3.85. The van der Waals surface area contributed by atoms with E-state index in [1.165, 1.54) is 6.07 Å². The molecule has 2 nitrogen and oxygen atoms in total. The minimum absolute atomic E-state index is 0.111. The molecule has 1 atom stereocenters. The van der Waals surface area contributed by atoms with E-state index in [2.05, 4.69) is 10.3 Å². The van der Waals surface area contributed by atoms with Crippen molar-refractivity contribution in [3.05, 3.63) is 69.1 Å². The van der Waals surface area contributed by atoms with Crippen LogP contribution < -0.4 is 5.32 Å². The third-order valence-corrected chi connectivity index (χ3v) is 4.86. The molecule has 1 unspecified atom stereocenters. The molecule has 2 aromatic carbocycles. The third kappa shape index (κ3) is 2.12. The summed E-state index contributed by atoms with van der Waals surface area (Å²) in [5.41, 5.74) is 3.94. The van der Waals surface area contributed by atoms with Crippen molar-refractivity contribution in [2.45, 2.75) is 12.5 Å². The summed E-state index contributed by atoms with van der Waals surface area (Å²) >= 11 is 12.7. The maximum Gasteiger partial charge on any atom is 0.123 e. The maximum atomic E-state index is 13.6. The number of halogens is 3. The fraction of sp³-hybridized carbons (Fsp3) is 0.176. The highest BCUT2D eigenvalue weighted by Gasteiger charge is 2.28. The Kier molecular flexibility index (Phi) is 3.37. The van der Waals surface area contributed by atoms with Gasteiger partial charge in [-0.15, -0.1) is 0 Å². The normalized spacial score (nSPS) is 17.7. The average molecular weight is 335 g/mol. The van der Waals surface area contributed by atoms with Gasteiger partial charge in [0.05, 0.1) is 6.04 Å². The Hall–Kier alpha value is -1.55. The number of aromatic nitrogens is 1. The number of rotatable bonds is 1. The summed E-state index contributed by atoms with van der Waals surface area (Å²) in [6.07, 6.45) is 0.845. The van der Waals surface area contributed by atoms with Crippen LogP contribution in [0.15, 0.2) is 36.4 Å². The lowest BCUT2D eigenvalue weighted by Crippen LogP contribution is -2.30. The molecule has 22 heavy (non-hydrogen) atoms. The molecule has 0 radical (unpaired) electrons. The molecular formula is C17H13Cl2FN2. The zero-order valence-electron chi connectivity index (χ0n) is 11.6. The van der Waals surface area contributed by atoms with Gasteiger partial charge < -0.3 is 10.3 Å². The van der Waals surface area contributed by atoms with Crippen LogP contribution in [0.25, 0.3) is 10.9 Å². The van der Waals surface area contributed by atoms with Crippen LogP contribution in [-0.2, 0) is 6.42 Å². The molecule has 0 amide bonds. The Labute approximate surface area is 137 Å². The van der Waals surface area contributed by atoms with Crippen LogP contribution in [0.5, 0.6) is 0 Å². The van der Waals surface area contributed by atoms with E-state index in [0.717, 1.165) is 40.7 Å². The predicted molar refractivity (Wildman–Crippen MR) is 88.3 cm³/mol. The molecule has 2 N–H and O–H groups in total. The minimum atomic E-state index is -0.222. The number of hydrogen-bond donors (Lipinski definition) is 2. The van der Waals surface area contributed by atoms with Crippen LogP contribution in [0, 0.1) is 5.82 Å². The molecule has 0 fully saturated rings. The second kappa shape index (κ2) is 5.27. The van der Waals surface area contributed by atoms with Gasteiger partial charge in [-0.3, -0.25) is 0 Å². The summed E-state index contributed by atoms with van der Waals surface area (Å²) in [4.78, 5) is 3.40. The monoisotopic (exact) mass is 334 g/mol. The van der Waals surface area contributed by atoms with Gasteiger partial charge in [0.2, 0.25) is 0 Å². The molecule has 0 bridgehead atoms. The Morgan fingerprint density at radius 1 is 1.09 bits per heavy atom. The molecule has 1 aliphatic rings. The van der Waals surface area contributed by atoms with E-state index in [9.17, 15) is 4.39 Å². The first-order valence-corrected chi connectivity index (χ1v) is 7.88. The van der Waals surface area contributed by atoms with Crippen LogP contribution in [0.2, 0.25) is 10.0 Å². The SMILES string of the molecule is Fc1ccc2[nH]c3c(c2c1)CCNC3c1c(Cl)cccc1Cl. The molecule has 1 aromatic heterocycles. The van der Waals surface area contributed by atoms with E-state index < -0.39 is 0 Å². The number of benzene rings is 2. The highest BCUT2D eigenvalue weighted by molar-refractivity contribution is 6.36. The molecule has 0 spiro atoms. The molecule has 5 heteroatoms. The summed E-state index contributed by atoms with van der Waals surface area (Å²) < 4.78 is 13.6. The van der Waals surface area contributed by atoms with E-state index in [4.69, 9.17) is 23.2 Å². The second-order valence-electron chi connectivity index (χ2n) is 5.48. The topological polar surface area (TPSA) is 27.8 Å². The second-order valence-corrected chi connectivity index (χ2v) is 6.29. The molecule has 2 heterocycles. The largest absolute Gasteiger partial charge is 0.357 e. The van der Waals surface area contributed by atoms with Crippen LogP contribution in [0.4, 0.5) is 4.39 Å². The molecular weight excluding hydrogens is 322 g/mol. The summed E-state index contributed by atoms with van der Waals surface area (Å²) in [5.74, 6) is -0.222.